The Morgan fingerprint density at radius 1 is 1.31 bits per heavy atom. The van der Waals surface area contributed by atoms with Crippen LogP contribution >= 0.6 is 22.6 Å². The summed E-state index contributed by atoms with van der Waals surface area (Å²) in [5.41, 5.74) is 0.149. The Labute approximate surface area is 105 Å². The smallest absolute Gasteiger partial charge is 0.352 e. The fourth-order valence-corrected chi connectivity index (χ4v) is 1.54. The van der Waals surface area contributed by atoms with E-state index in [4.69, 9.17) is 10.2 Å². The monoisotopic (exact) mass is 333 g/mol. The minimum absolute atomic E-state index is 0.380. The quantitative estimate of drug-likeness (QED) is 0.577. The van der Waals surface area contributed by atoms with E-state index in [0.29, 0.717) is 11.8 Å². The summed E-state index contributed by atoms with van der Waals surface area (Å²) in [5.74, 6) is -2.63. The van der Waals surface area contributed by atoms with Gasteiger partial charge in [0, 0.05) is 9.26 Å². The van der Waals surface area contributed by atoms with Gasteiger partial charge in [-0.25, -0.2) is 9.59 Å². The first kappa shape index (κ1) is 12.5. The minimum atomic E-state index is -1.32. The Bertz CT molecular complexity index is 456. The summed E-state index contributed by atoms with van der Waals surface area (Å²) < 4.78 is 0.919. The fraction of sp³-hybridized carbons (Fsp3) is 0. The van der Waals surface area contributed by atoms with Gasteiger partial charge < -0.3 is 15.5 Å². The molecule has 6 heteroatoms. The van der Waals surface area contributed by atoms with Crippen molar-refractivity contribution < 1.29 is 19.8 Å². The predicted octanol–water partition coefficient (Wildman–Crippen LogP) is 1.76. The fourth-order valence-electron chi connectivity index (χ4n) is 0.997. The molecule has 3 N–H and O–H groups in total. The molecule has 84 valence electrons. The number of carboxylic acid groups (broad SMARTS) is 2. The van der Waals surface area contributed by atoms with Gasteiger partial charge in [0.1, 0.15) is 5.70 Å². The van der Waals surface area contributed by atoms with Gasteiger partial charge in [-0.05, 0) is 40.8 Å². The lowest BCUT2D eigenvalue weighted by Crippen LogP contribution is -2.12. The number of nitrogens with one attached hydrogen (secondary N) is 1. The summed E-state index contributed by atoms with van der Waals surface area (Å²) in [6.45, 7) is 0. The molecule has 0 heterocycles. The van der Waals surface area contributed by atoms with E-state index in [-0.39, 0.29) is 5.70 Å². The van der Waals surface area contributed by atoms with Gasteiger partial charge in [-0.15, -0.1) is 0 Å². The second-order valence-electron chi connectivity index (χ2n) is 2.84. The first-order valence-electron chi connectivity index (χ1n) is 4.19. The highest BCUT2D eigenvalue weighted by Crippen LogP contribution is 2.14. The summed E-state index contributed by atoms with van der Waals surface area (Å²) in [4.78, 5) is 21.1. The highest BCUT2D eigenvalue weighted by molar-refractivity contribution is 14.1. The molecule has 16 heavy (non-hydrogen) atoms. The number of halogens is 1. The van der Waals surface area contributed by atoms with Crippen molar-refractivity contribution in [1.82, 2.24) is 0 Å². The molecule has 0 atom stereocenters. The van der Waals surface area contributed by atoms with E-state index in [1.54, 1.807) is 18.2 Å². The number of benzene rings is 1. The lowest BCUT2D eigenvalue weighted by atomic mass is 10.3. The number of anilines is 1. The van der Waals surface area contributed by atoms with E-state index in [1.807, 2.05) is 6.07 Å². The Hall–Kier alpha value is -1.57. The van der Waals surface area contributed by atoms with Crippen molar-refractivity contribution in [2.75, 3.05) is 5.32 Å². The van der Waals surface area contributed by atoms with E-state index >= 15 is 0 Å². The number of carbonyl (C=O) groups is 2. The molecular weight excluding hydrogens is 325 g/mol. The van der Waals surface area contributed by atoms with Crippen LogP contribution in [0.25, 0.3) is 0 Å². The first-order valence-corrected chi connectivity index (χ1v) is 5.27. The third-order valence-electron chi connectivity index (χ3n) is 1.60. The van der Waals surface area contributed by atoms with Crippen molar-refractivity contribution in [3.8, 4) is 0 Å². The van der Waals surface area contributed by atoms with E-state index in [9.17, 15) is 9.59 Å². The second-order valence-corrected chi connectivity index (χ2v) is 4.08. The van der Waals surface area contributed by atoms with Crippen molar-refractivity contribution in [1.29, 1.82) is 0 Å². The molecule has 5 nitrogen and oxygen atoms in total. The second kappa shape index (κ2) is 5.50. The van der Waals surface area contributed by atoms with Crippen LogP contribution in [-0.4, -0.2) is 22.2 Å². The van der Waals surface area contributed by atoms with E-state index < -0.39 is 11.9 Å². The van der Waals surface area contributed by atoms with Gasteiger partial charge in [-0.3, -0.25) is 0 Å². The maximum Gasteiger partial charge on any atom is 0.352 e. The van der Waals surface area contributed by atoms with Gasteiger partial charge >= 0.3 is 11.9 Å². The summed E-state index contributed by atoms with van der Waals surface area (Å²) in [5, 5.41) is 19.8. The molecule has 0 aliphatic rings. The van der Waals surface area contributed by atoms with Crippen molar-refractivity contribution in [2.45, 2.75) is 0 Å². The zero-order valence-corrected chi connectivity index (χ0v) is 10.1. The third kappa shape index (κ3) is 3.89. The highest BCUT2D eigenvalue weighted by atomic mass is 127. The molecule has 0 aliphatic carbocycles. The number of hydrogen-bond donors (Lipinski definition) is 3. The highest BCUT2D eigenvalue weighted by Gasteiger charge is 2.09. The molecule has 0 aliphatic heterocycles. The van der Waals surface area contributed by atoms with Crippen molar-refractivity contribution >= 4 is 40.2 Å². The SMILES string of the molecule is O=C(O)C=C(Nc1cccc(I)c1)C(=O)O. The summed E-state index contributed by atoms with van der Waals surface area (Å²) in [7, 11) is 0. The van der Waals surface area contributed by atoms with Gasteiger partial charge in [-0.1, -0.05) is 6.07 Å². The lowest BCUT2D eigenvalue weighted by Gasteiger charge is -2.06. The molecule has 0 aromatic heterocycles. The van der Waals surface area contributed by atoms with E-state index in [1.165, 1.54) is 0 Å². The van der Waals surface area contributed by atoms with Crippen LogP contribution in [0.3, 0.4) is 0 Å². The van der Waals surface area contributed by atoms with Crippen LogP contribution in [0, 0.1) is 3.57 Å². The molecule has 1 aromatic rings. The topological polar surface area (TPSA) is 86.6 Å². The van der Waals surface area contributed by atoms with Crippen LogP contribution in [-0.2, 0) is 9.59 Å². The molecule has 0 amide bonds. The van der Waals surface area contributed by atoms with Gasteiger partial charge in [0.25, 0.3) is 0 Å². The van der Waals surface area contributed by atoms with Gasteiger partial charge in [0.05, 0.1) is 6.08 Å². The van der Waals surface area contributed by atoms with Crippen LogP contribution in [0.4, 0.5) is 5.69 Å². The molecule has 0 radical (unpaired) electrons. The zero-order chi connectivity index (χ0) is 12.1. The molecule has 0 saturated heterocycles. The van der Waals surface area contributed by atoms with Crippen LogP contribution in [0.1, 0.15) is 0 Å². The molecule has 0 fully saturated rings. The maximum atomic E-state index is 10.7. The van der Waals surface area contributed by atoms with Crippen LogP contribution in [0.2, 0.25) is 0 Å². The number of hydrogen-bond acceptors (Lipinski definition) is 3. The average molecular weight is 333 g/mol. The average Bonchev–Trinajstić information content (AvgIpc) is 2.15. The molecule has 0 bridgehead atoms. The number of aliphatic carboxylic acids is 2. The number of rotatable bonds is 4. The number of carboxylic acids is 2. The van der Waals surface area contributed by atoms with Crippen molar-refractivity contribution in [2.24, 2.45) is 0 Å². The van der Waals surface area contributed by atoms with Crippen LogP contribution < -0.4 is 5.32 Å². The summed E-state index contributed by atoms with van der Waals surface area (Å²) in [6, 6.07) is 6.94. The maximum absolute atomic E-state index is 10.7. The molecular formula is C10H8INO4. The lowest BCUT2D eigenvalue weighted by molar-refractivity contribution is -0.134. The summed E-state index contributed by atoms with van der Waals surface area (Å²) >= 11 is 2.07. The van der Waals surface area contributed by atoms with Crippen LogP contribution in [0.15, 0.2) is 36.0 Å². The predicted molar refractivity (Wildman–Crippen MR) is 66.1 cm³/mol. The molecule has 1 aromatic carbocycles. The third-order valence-corrected chi connectivity index (χ3v) is 2.27. The van der Waals surface area contributed by atoms with Gasteiger partial charge in [0.2, 0.25) is 0 Å². The van der Waals surface area contributed by atoms with Gasteiger partial charge in [-0.2, -0.15) is 0 Å². The Balaban J connectivity index is 2.93. The Morgan fingerprint density at radius 2 is 2.00 bits per heavy atom. The first-order chi connectivity index (χ1) is 7.49. The summed E-state index contributed by atoms with van der Waals surface area (Å²) in [6.07, 6.45) is 0.613. The van der Waals surface area contributed by atoms with E-state index in [2.05, 4.69) is 27.9 Å². The van der Waals surface area contributed by atoms with Crippen LogP contribution in [0.5, 0.6) is 0 Å². The zero-order valence-electron chi connectivity index (χ0n) is 7.98. The normalized spacial score (nSPS) is 10.9. The van der Waals surface area contributed by atoms with Gasteiger partial charge in [0.15, 0.2) is 0 Å². The van der Waals surface area contributed by atoms with Crippen molar-refractivity contribution in [3.05, 3.63) is 39.6 Å². The molecule has 0 saturated carbocycles. The van der Waals surface area contributed by atoms with Crippen molar-refractivity contribution in [3.63, 3.8) is 0 Å². The molecule has 0 unspecified atom stereocenters. The van der Waals surface area contributed by atoms with E-state index in [0.717, 1.165) is 3.57 Å². The Kier molecular flexibility index (Phi) is 4.29. The standard InChI is InChI=1S/C10H8INO4/c11-6-2-1-3-7(4-6)12-8(10(15)16)5-9(13)14/h1-5,12H,(H,13,14)(H,15,16). The largest absolute Gasteiger partial charge is 0.478 e. The molecule has 1 rings (SSSR count). The Morgan fingerprint density at radius 3 is 2.50 bits per heavy atom. The molecule has 0 spiro atoms. The minimum Gasteiger partial charge on any atom is -0.478 e.